The predicted octanol–water partition coefficient (Wildman–Crippen LogP) is 1.98. The maximum absolute atomic E-state index is 13.7. The van der Waals surface area contributed by atoms with E-state index in [1.807, 2.05) is 0 Å². The molecule has 0 aromatic heterocycles. The zero-order valence-electron chi connectivity index (χ0n) is 7.84. The van der Waals surface area contributed by atoms with Crippen LogP contribution in [0.4, 0.5) is 4.39 Å². The highest BCUT2D eigenvalue weighted by molar-refractivity contribution is 9.10. The Morgan fingerprint density at radius 2 is 2.00 bits per heavy atom. The first-order valence-electron chi connectivity index (χ1n) is 4.45. The van der Waals surface area contributed by atoms with E-state index in [1.54, 1.807) is 0 Å². The number of hydrogen-bond donors (Lipinski definition) is 1. The van der Waals surface area contributed by atoms with Crippen molar-refractivity contribution in [3.8, 4) is 0 Å². The van der Waals surface area contributed by atoms with Crippen LogP contribution in [0.15, 0.2) is 18.2 Å². The largest absolute Gasteiger partial charge is 0.295 e. The number of carbonyl (C=O) groups is 2. The van der Waals surface area contributed by atoms with Gasteiger partial charge >= 0.3 is 0 Å². The minimum Gasteiger partial charge on any atom is -0.295 e. The van der Waals surface area contributed by atoms with Gasteiger partial charge in [-0.2, -0.15) is 0 Å². The highest BCUT2D eigenvalue weighted by Gasteiger charge is 2.42. The van der Waals surface area contributed by atoms with Gasteiger partial charge < -0.3 is 0 Å². The van der Waals surface area contributed by atoms with Crippen LogP contribution < -0.4 is 5.32 Å². The number of benzene rings is 1. The summed E-state index contributed by atoms with van der Waals surface area (Å²) in [6, 6.07) is 4.37. The Balaban J connectivity index is 2.48. The van der Waals surface area contributed by atoms with Crippen LogP contribution in [0.25, 0.3) is 0 Å². The first kappa shape index (κ1) is 11.5. The van der Waals surface area contributed by atoms with Gasteiger partial charge in [0.2, 0.25) is 11.8 Å². The molecule has 2 atom stereocenters. The lowest BCUT2D eigenvalue weighted by Gasteiger charge is -2.11. The van der Waals surface area contributed by atoms with Gasteiger partial charge in [-0.15, -0.1) is 0 Å². The van der Waals surface area contributed by atoms with Crippen LogP contribution in [0.1, 0.15) is 11.5 Å². The second-order valence-electron chi connectivity index (χ2n) is 3.38. The Bertz CT molecular complexity index is 480. The van der Waals surface area contributed by atoms with E-state index in [2.05, 4.69) is 21.2 Å². The van der Waals surface area contributed by atoms with Crippen molar-refractivity contribution in [3.63, 3.8) is 0 Å². The summed E-state index contributed by atoms with van der Waals surface area (Å²) in [4.78, 5) is 22.0. The van der Waals surface area contributed by atoms with Gasteiger partial charge in [-0.05, 0) is 6.07 Å². The standard InChI is InChI=1S/C10H6BrClFNO2/c11-7-6(9(15)14-10(7)16)4-2-1-3-5(12)8(4)13/h1-3,6-7H,(H,14,15,16). The third kappa shape index (κ3) is 1.74. The smallest absolute Gasteiger partial charge is 0.241 e. The lowest BCUT2D eigenvalue weighted by Crippen LogP contribution is -2.22. The summed E-state index contributed by atoms with van der Waals surface area (Å²) in [5, 5.41) is 2.06. The number of imide groups is 1. The lowest BCUT2D eigenvalue weighted by atomic mass is 9.97. The van der Waals surface area contributed by atoms with Crippen molar-refractivity contribution in [2.24, 2.45) is 0 Å². The van der Waals surface area contributed by atoms with E-state index in [4.69, 9.17) is 11.6 Å². The van der Waals surface area contributed by atoms with Crippen molar-refractivity contribution in [1.82, 2.24) is 5.32 Å². The van der Waals surface area contributed by atoms with Crippen LogP contribution in [0.3, 0.4) is 0 Å². The van der Waals surface area contributed by atoms with Crippen LogP contribution >= 0.6 is 27.5 Å². The summed E-state index contributed by atoms with van der Waals surface area (Å²) in [5.41, 5.74) is 0.123. The lowest BCUT2D eigenvalue weighted by molar-refractivity contribution is -0.125. The fraction of sp³-hybridized carbons (Fsp3) is 0.200. The fourth-order valence-corrected chi connectivity index (χ4v) is 2.43. The second kappa shape index (κ2) is 4.14. The molecule has 1 heterocycles. The van der Waals surface area contributed by atoms with E-state index in [0.717, 1.165) is 0 Å². The molecule has 1 aliphatic rings. The molecule has 1 aromatic rings. The molecule has 0 radical (unpaired) electrons. The molecule has 1 saturated heterocycles. The van der Waals surface area contributed by atoms with E-state index in [0.29, 0.717) is 0 Å². The van der Waals surface area contributed by atoms with E-state index in [-0.39, 0.29) is 10.6 Å². The summed E-state index contributed by atoms with van der Waals surface area (Å²) < 4.78 is 13.7. The highest BCUT2D eigenvalue weighted by atomic mass is 79.9. The summed E-state index contributed by atoms with van der Waals surface area (Å²) in [5.74, 6) is -2.52. The molecule has 1 aliphatic heterocycles. The summed E-state index contributed by atoms with van der Waals surface area (Å²) in [7, 11) is 0. The Morgan fingerprint density at radius 3 is 2.56 bits per heavy atom. The third-order valence-corrected chi connectivity index (χ3v) is 3.62. The molecule has 1 fully saturated rings. The number of carbonyl (C=O) groups excluding carboxylic acids is 2. The first-order chi connectivity index (χ1) is 7.52. The minimum absolute atomic E-state index is 0.0654. The molecular weight excluding hydrogens is 300 g/mol. The van der Waals surface area contributed by atoms with Gasteiger partial charge in [-0.25, -0.2) is 4.39 Å². The number of halogens is 3. The number of amides is 2. The molecule has 2 amide bonds. The summed E-state index contributed by atoms with van der Waals surface area (Å²) in [6.07, 6.45) is 0. The molecule has 2 unspecified atom stereocenters. The van der Waals surface area contributed by atoms with Gasteiger partial charge in [-0.1, -0.05) is 39.7 Å². The topological polar surface area (TPSA) is 46.2 Å². The quantitative estimate of drug-likeness (QED) is 0.637. The monoisotopic (exact) mass is 305 g/mol. The molecule has 0 aliphatic carbocycles. The molecule has 6 heteroatoms. The van der Waals surface area contributed by atoms with Gasteiger partial charge in [0.05, 0.1) is 10.9 Å². The number of nitrogens with one attached hydrogen (secondary N) is 1. The molecule has 0 spiro atoms. The molecule has 2 rings (SSSR count). The van der Waals surface area contributed by atoms with E-state index in [1.165, 1.54) is 18.2 Å². The Labute approximate surface area is 104 Å². The van der Waals surface area contributed by atoms with Crippen LogP contribution in [-0.4, -0.2) is 16.6 Å². The number of hydrogen-bond acceptors (Lipinski definition) is 2. The maximum Gasteiger partial charge on any atom is 0.241 e. The molecule has 16 heavy (non-hydrogen) atoms. The Kier molecular flexibility index (Phi) is 2.99. The van der Waals surface area contributed by atoms with Crippen molar-refractivity contribution >= 4 is 39.3 Å². The molecule has 84 valence electrons. The average Bonchev–Trinajstić information content (AvgIpc) is 2.47. The zero-order chi connectivity index (χ0) is 11.9. The fourth-order valence-electron chi connectivity index (χ4n) is 1.61. The zero-order valence-corrected chi connectivity index (χ0v) is 10.2. The average molecular weight is 307 g/mol. The minimum atomic E-state index is -0.869. The van der Waals surface area contributed by atoms with Gasteiger partial charge in [-0.3, -0.25) is 14.9 Å². The SMILES string of the molecule is O=C1NC(=O)C(c2cccc(Cl)c2F)C1Br. The van der Waals surface area contributed by atoms with Crippen molar-refractivity contribution in [2.75, 3.05) is 0 Å². The molecule has 0 bridgehead atoms. The van der Waals surface area contributed by atoms with Crippen molar-refractivity contribution in [1.29, 1.82) is 0 Å². The number of alkyl halides is 1. The third-order valence-electron chi connectivity index (χ3n) is 2.39. The van der Waals surface area contributed by atoms with Crippen molar-refractivity contribution in [2.45, 2.75) is 10.7 Å². The van der Waals surface area contributed by atoms with Crippen LogP contribution in [0.2, 0.25) is 5.02 Å². The van der Waals surface area contributed by atoms with Crippen LogP contribution in [-0.2, 0) is 9.59 Å². The first-order valence-corrected chi connectivity index (χ1v) is 5.74. The van der Waals surface area contributed by atoms with Gasteiger partial charge in [0, 0.05) is 5.56 Å². The van der Waals surface area contributed by atoms with Crippen molar-refractivity contribution in [3.05, 3.63) is 34.6 Å². The van der Waals surface area contributed by atoms with Crippen molar-refractivity contribution < 1.29 is 14.0 Å². The van der Waals surface area contributed by atoms with E-state index in [9.17, 15) is 14.0 Å². The normalized spacial score (nSPS) is 24.7. The molecule has 0 saturated carbocycles. The van der Waals surface area contributed by atoms with E-state index < -0.39 is 28.4 Å². The Hall–Kier alpha value is -0.940. The highest BCUT2D eigenvalue weighted by Crippen LogP contribution is 2.33. The van der Waals surface area contributed by atoms with Gasteiger partial charge in [0.25, 0.3) is 0 Å². The second-order valence-corrected chi connectivity index (χ2v) is 4.77. The molecule has 3 nitrogen and oxygen atoms in total. The molecular formula is C10H6BrClFNO2. The van der Waals surface area contributed by atoms with E-state index >= 15 is 0 Å². The van der Waals surface area contributed by atoms with Gasteiger partial charge in [0.1, 0.15) is 10.6 Å². The van der Waals surface area contributed by atoms with Crippen LogP contribution in [0.5, 0.6) is 0 Å². The Morgan fingerprint density at radius 1 is 1.31 bits per heavy atom. The van der Waals surface area contributed by atoms with Crippen LogP contribution in [0, 0.1) is 5.82 Å². The van der Waals surface area contributed by atoms with Gasteiger partial charge in [0.15, 0.2) is 0 Å². The summed E-state index contributed by atoms with van der Waals surface area (Å²) >= 11 is 8.68. The molecule has 1 N–H and O–H groups in total. The summed E-state index contributed by atoms with van der Waals surface area (Å²) in [6.45, 7) is 0. The predicted molar refractivity (Wildman–Crippen MR) is 60.0 cm³/mol. The number of rotatable bonds is 1. The maximum atomic E-state index is 13.7. The molecule has 1 aromatic carbocycles.